The zero-order valence-electron chi connectivity index (χ0n) is 16.1. The third kappa shape index (κ3) is 3.09. The van der Waals surface area contributed by atoms with Crippen LogP contribution >= 0.6 is 0 Å². The molecule has 0 bridgehead atoms. The van der Waals surface area contributed by atoms with E-state index in [1.165, 1.54) is 0 Å². The lowest BCUT2D eigenvalue weighted by Crippen LogP contribution is -2.40. The molecular formula is C20H20N6O3. The zero-order valence-corrected chi connectivity index (χ0v) is 16.1. The van der Waals surface area contributed by atoms with Crippen molar-refractivity contribution in [3.05, 3.63) is 65.6 Å². The van der Waals surface area contributed by atoms with Gasteiger partial charge in [0.15, 0.2) is 0 Å². The maximum Gasteiger partial charge on any atom is 0.312 e. The summed E-state index contributed by atoms with van der Waals surface area (Å²) in [7, 11) is 3.79. The molecule has 29 heavy (non-hydrogen) atoms. The second-order valence-corrected chi connectivity index (χ2v) is 7.34. The minimum absolute atomic E-state index is 0.0260. The van der Waals surface area contributed by atoms with Crippen molar-refractivity contribution in [1.82, 2.24) is 30.0 Å². The van der Waals surface area contributed by atoms with E-state index in [1.807, 2.05) is 49.3 Å². The quantitative estimate of drug-likeness (QED) is 0.568. The number of carbonyl (C=O) groups is 1. The Kier molecular flexibility index (Phi) is 4.17. The van der Waals surface area contributed by atoms with Crippen LogP contribution in [0.25, 0.3) is 11.0 Å². The Morgan fingerprint density at radius 1 is 1.28 bits per heavy atom. The van der Waals surface area contributed by atoms with Crippen LogP contribution in [0.2, 0.25) is 0 Å². The van der Waals surface area contributed by atoms with Crippen molar-refractivity contribution in [2.45, 2.75) is 19.0 Å². The molecule has 1 amide bonds. The van der Waals surface area contributed by atoms with E-state index in [2.05, 4.69) is 20.2 Å². The van der Waals surface area contributed by atoms with E-state index in [0.717, 1.165) is 22.4 Å². The molecular weight excluding hydrogens is 372 g/mol. The molecule has 0 spiro atoms. The first kappa shape index (κ1) is 17.6. The third-order valence-corrected chi connectivity index (χ3v) is 5.00. The van der Waals surface area contributed by atoms with Gasteiger partial charge in [-0.2, -0.15) is 0 Å². The summed E-state index contributed by atoms with van der Waals surface area (Å²) in [5, 5.41) is 8.93. The first-order valence-corrected chi connectivity index (χ1v) is 9.39. The smallest absolute Gasteiger partial charge is 0.312 e. The van der Waals surface area contributed by atoms with Crippen molar-refractivity contribution in [3.8, 4) is 0 Å². The van der Waals surface area contributed by atoms with Crippen LogP contribution in [-0.2, 0) is 13.0 Å². The first-order valence-electron chi connectivity index (χ1n) is 9.39. The number of aromatic amines is 1. The Morgan fingerprint density at radius 3 is 2.97 bits per heavy atom. The van der Waals surface area contributed by atoms with Gasteiger partial charge in [0.1, 0.15) is 17.4 Å². The predicted molar refractivity (Wildman–Crippen MR) is 103 cm³/mol. The van der Waals surface area contributed by atoms with Gasteiger partial charge in [-0.1, -0.05) is 18.2 Å². The minimum atomic E-state index is -0.464. The number of fused-ring (bicyclic) bond motifs is 2. The summed E-state index contributed by atoms with van der Waals surface area (Å²) in [6.45, 7) is 0.956. The largest absolute Gasteiger partial charge is 0.458 e. The topological polar surface area (TPSA) is 104 Å². The summed E-state index contributed by atoms with van der Waals surface area (Å²) in [4.78, 5) is 24.5. The minimum Gasteiger partial charge on any atom is -0.458 e. The number of amides is 1. The Balaban J connectivity index is 1.54. The summed E-state index contributed by atoms with van der Waals surface area (Å²) in [5.41, 5.74) is 2.54. The van der Waals surface area contributed by atoms with Crippen molar-refractivity contribution >= 4 is 16.9 Å². The summed E-state index contributed by atoms with van der Waals surface area (Å²) < 4.78 is 11.7. The van der Waals surface area contributed by atoms with Crippen molar-refractivity contribution in [2.75, 3.05) is 20.6 Å². The lowest BCUT2D eigenvalue weighted by molar-refractivity contribution is 0.0628. The number of carbonyl (C=O) groups excluding carboxylic acids is 1. The molecule has 3 aromatic heterocycles. The molecule has 9 heteroatoms. The number of aromatic nitrogens is 4. The Morgan fingerprint density at radius 2 is 2.14 bits per heavy atom. The summed E-state index contributed by atoms with van der Waals surface area (Å²) in [6, 6.07) is 9.25. The van der Waals surface area contributed by atoms with Crippen molar-refractivity contribution < 1.29 is 13.6 Å². The van der Waals surface area contributed by atoms with E-state index in [0.29, 0.717) is 31.2 Å². The predicted octanol–water partition coefficient (Wildman–Crippen LogP) is 2.39. The van der Waals surface area contributed by atoms with Crippen molar-refractivity contribution in [2.24, 2.45) is 0 Å². The van der Waals surface area contributed by atoms with Gasteiger partial charge in [-0.15, -0.1) is 10.2 Å². The molecule has 9 nitrogen and oxygen atoms in total. The highest BCUT2D eigenvalue weighted by Gasteiger charge is 2.38. The molecule has 5 rings (SSSR count). The summed E-state index contributed by atoms with van der Waals surface area (Å²) >= 11 is 0. The van der Waals surface area contributed by atoms with Crippen LogP contribution in [-0.4, -0.2) is 56.5 Å². The van der Waals surface area contributed by atoms with Crippen molar-refractivity contribution in [1.29, 1.82) is 0 Å². The van der Waals surface area contributed by atoms with E-state index >= 15 is 0 Å². The van der Waals surface area contributed by atoms with Gasteiger partial charge >= 0.3 is 11.8 Å². The average molecular weight is 392 g/mol. The van der Waals surface area contributed by atoms with E-state index < -0.39 is 6.04 Å². The molecule has 1 atom stereocenters. The number of hydrogen-bond acceptors (Lipinski definition) is 7. The number of benzene rings is 1. The molecule has 0 saturated heterocycles. The molecule has 0 saturated carbocycles. The normalized spacial score (nSPS) is 16.5. The molecule has 148 valence electrons. The molecule has 0 fully saturated rings. The fourth-order valence-corrected chi connectivity index (χ4v) is 3.72. The molecule has 4 aromatic rings. The highest BCUT2D eigenvalue weighted by molar-refractivity contribution is 5.90. The van der Waals surface area contributed by atoms with Gasteiger partial charge in [0.25, 0.3) is 0 Å². The molecule has 0 unspecified atom stereocenters. The van der Waals surface area contributed by atoms with Gasteiger partial charge in [-0.25, -0.2) is 4.98 Å². The van der Waals surface area contributed by atoms with Crippen molar-refractivity contribution in [3.63, 3.8) is 0 Å². The van der Waals surface area contributed by atoms with Gasteiger partial charge in [0.2, 0.25) is 5.89 Å². The molecule has 4 heterocycles. The number of nitrogens with one attached hydrogen (secondary N) is 1. The number of H-pyrrole nitrogens is 1. The van der Waals surface area contributed by atoms with E-state index in [1.54, 1.807) is 11.2 Å². The highest BCUT2D eigenvalue weighted by atomic mass is 16.4. The third-order valence-electron chi connectivity index (χ3n) is 5.00. The summed E-state index contributed by atoms with van der Waals surface area (Å²) in [6.07, 6.45) is 2.31. The summed E-state index contributed by atoms with van der Waals surface area (Å²) in [5.74, 6) is 0.695. The van der Waals surface area contributed by atoms with Gasteiger partial charge in [0, 0.05) is 24.0 Å². The fraction of sp³-hybridized carbons (Fsp3) is 0.300. The van der Waals surface area contributed by atoms with Gasteiger partial charge in [-0.3, -0.25) is 4.79 Å². The molecule has 1 aliphatic rings. The standard InChI is InChI=1S/C20H20N6O3/c1-25(2)10-16-23-24-19(29-16)20(27)26-8-7-13-17(22-11-21-13)18(26)15-9-12-5-3-4-6-14(12)28-15/h3-6,9,11,18H,7-8,10H2,1-2H3,(H,21,22)/t18-/m1/s1. The molecule has 1 aromatic carbocycles. The van der Waals surface area contributed by atoms with Crippen LogP contribution in [0, 0.1) is 0 Å². The van der Waals surface area contributed by atoms with Gasteiger partial charge in [0.05, 0.1) is 18.6 Å². The van der Waals surface area contributed by atoms with E-state index in [4.69, 9.17) is 8.83 Å². The molecule has 0 radical (unpaired) electrons. The number of para-hydroxylation sites is 1. The maximum absolute atomic E-state index is 13.3. The van der Waals surface area contributed by atoms with Crippen LogP contribution in [0.1, 0.15) is 39.8 Å². The van der Waals surface area contributed by atoms with Crippen LogP contribution in [0.5, 0.6) is 0 Å². The van der Waals surface area contributed by atoms with E-state index in [-0.39, 0.29) is 11.8 Å². The molecule has 0 aliphatic carbocycles. The number of hydrogen-bond donors (Lipinski definition) is 1. The molecule has 1 N–H and O–H groups in total. The van der Waals surface area contributed by atoms with Gasteiger partial charge < -0.3 is 23.6 Å². The lowest BCUT2D eigenvalue weighted by atomic mass is 10.00. The fourth-order valence-electron chi connectivity index (χ4n) is 3.72. The first-order chi connectivity index (χ1) is 14.1. The van der Waals surface area contributed by atoms with Crippen LogP contribution in [0.4, 0.5) is 0 Å². The number of nitrogens with zero attached hydrogens (tertiary/aromatic N) is 5. The average Bonchev–Trinajstić information content (AvgIpc) is 3.44. The Bertz CT molecular complexity index is 1140. The zero-order chi connectivity index (χ0) is 20.0. The number of imidazole rings is 1. The number of furan rings is 1. The SMILES string of the molecule is CN(C)Cc1nnc(C(=O)N2CCc3[nH]cnc3[C@H]2c2cc3ccccc3o2)o1. The van der Waals surface area contributed by atoms with Crippen LogP contribution < -0.4 is 0 Å². The second-order valence-electron chi connectivity index (χ2n) is 7.34. The van der Waals surface area contributed by atoms with E-state index in [9.17, 15) is 4.79 Å². The molecule has 1 aliphatic heterocycles. The number of rotatable bonds is 4. The Labute approximate surface area is 166 Å². The Hall–Kier alpha value is -3.46. The van der Waals surface area contributed by atoms with Crippen LogP contribution in [0.15, 0.2) is 45.5 Å². The maximum atomic E-state index is 13.3. The second kappa shape index (κ2) is 6.85. The van der Waals surface area contributed by atoms with Crippen LogP contribution in [0.3, 0.4) is 0 Å². The lowest BCUT2D eigenvalue weighted by Gasteiger charge is -2.32. The van der Waals surface area contributed by atoms with Gasteiger partial charge in [-0.05, 0) is 26.2 Å². The highest BCUT2D eigenvalue weighted by Crippen LogP contribution is 2.36. The monoisotopic (exact) mass is 392 g/mol.